The first kappa shape index (κ1) is 22.8. The molecule has 0 heterocycles. The lowest BCUT2D eigenvalue weighted by molar-refractivity contribution is -0.113. The fraction of sp³-hybridized carbons (Fsp3) is 1.00. The van der Waals surface area contributed by atoms with E-state index in [1.165, 1.54) is 6.42 Å². The van der Waals surface area contributed by atoms with Crippen molar-refractivity contribution in [2.24, 2.45) is 11.3 Å². The lowest BCUT2D eigenvalue weighted by Gasteiger charge is -2.34. The van der Waals surface area contributed by atoms with Gasteiger partial charge in [-0.15, -0.1) is 0 Å². The van der Waals surface area contributed by atoms with Crippen LogP contribution in [-0.4, -0.2) is 49.3 Å². The third-order valence-corrected chi connectivity index (χ3v) is 3.86. The second-order valence-electron chi connectivity index (χ2n) is 8.24. The lowest BCUT2D eigenvalue weighted by atomic mass is 9.85. The average Bonchev–Trinajstić information content (AvgIpc) is 2.45. The molecule has 4 unspecified atom stereocenters. The van der Waals surface area contributed by atoms with Crippen molar-refractivity contribution in [3.8, 4) is 0 Å². The first-order valence-electron chi connectivity index (χ1n) is 9.05. The molecule has 0 fully saturated rings. The van der Waals surface area contributed by atoms with E-state index in [1.807, 2.05) is 13.8 Å². The van der Waals surface area contributed by atoms with E-state index in [2.05, 4.69) is 41.5 Å². The number of hydrogen-bond donors (Lipinski definition) is 1. The molecule has 140 valence electrons. The molecule has 0 aromatic carbocycles. The summed E-state index contributed by atoms with van der Waals surface area (Å²) < 4.78 is 17.5. The molecule has 4 heteroatoms. The molecule has 4 atom stereocenters. The van der Waals surface area contributed by atoms with Crippen molar-refractivity contribution in [2.75, 3.05) is 19.8 Å². The molecule has 0 saturated heterocycles. The third-order valence-electron chi connectivity index (χ3n) is 3.86. The summed E-state index contributed by atoms with van der Waals surface area (Å²) in [5, 5.41) is 8.94. The minimum absolute atomic E-state index is 0.00111. The Morgan fingerprint density at radius 2 is 1.30 bits per heavy atom. The van der Waals surface area contributed by atoms with Crippen LogP contribution in [0, 0.1) is 11.3 Å². The summed E-state index contributed by atoms with van der Waals surface area (Å²) in [5.74, 6) is 0.695. The van der Waals surface area contributed by atoms with Crippen molar-refractivity contribution in [1.29, 1.82) is 0 Å². The summed E-state index contributed by atoms with van der Waals surface area (Å²) in [5.41, 5.74) is 0.133. The van der Waals surface area contributed by atoms with Gasteiger partial charge in [-0.3, -0.25) is 0 Å². The average molecular weight is 333 g/mol. The topological polar surface area (TPSA) is 47.9 Å². The smallest absolute Gasteiger partial charge is 0.0784 e. The molecule has 0 aromatic rings. The van der Waals surface area contributed by atoms with Crippen molar-refractivity contribution in [3.05, 3.63) is 0 Å². The van der Waals surface area contributed by atoms with Gasteiger partial charge in [0.15, 0.2) is 0 Å². The zero-order chi connectivity index (χ0) is 18.0. The Hall–Kier alpha value is -0.160. The van der Waals surface area contributed by atoms with E-state index in [-0.39, 0.29) is 36.4 Å². The fourth-order valence-electron chi connectivity index (χ4n) is 2.21. The number of hydrogen-bond acceptors (Lipinski definition) is 4. The molecule has 0 aliphatic heterocycles. The molecular weight excluding hydrogens is 292 g/mol. The Bertz CT molecular complexity index is 286. The number of aliphatic hydroxyl groups excluding tert-OH is 1. The maximum Gasteiger partial charge on any atom is 0.0784 e. The van der Waals surface area contributed by atoms with Crippen molar-refractivity contribution < 1.29 is 19.3 Å². The molecule has 0 saturated carbocycles. The molecule has 0 aromatic heterocycles. The van der Waals surface area contributed by atoms with Gasteiger partial charge in [-0.25, -0.2) is 0 Å². The minimum atomic E-state index is -0.143. The van der Waals surface area contributed by atoms with E-state index >= 15 is 0 Å². The summed E-state index contributed by atoms with van der Waals surface area (Å²) >= 11 is 0. The van der Waals surface area contributed by atoms with Gasteiger partial charge in [0, 0.05) is 0 Å². The van der Waals surface area contributed by atoms with Crippen LogP contribution in [0.5, 0.6) is 0 Å². The Morgan fingerprint density at radius 1 is 0.783 bits per heavy atom. The molecule has 0 aliphatic rings. The highest BCUT2D eigenvalue weighted by Crippen LogP contribution is 2.28. The van der Waals surface area contributed by atoms with E-state index < -0.39 is 0 Å². The van der Waals surface area contributed by atoms with Gasteiger partial charge in [-0.05, 0) is 44.9 Å². The largest absolute Gasteiger partial charge is 0.394 e. The Balaban J connectivity index is 4.18. The predicted molar refractivity (Wildman–Crippen MR) is 95.8 cm³/mol. The summed E-state index contributed by atoms with van der Waals surface area (Å²) in [6.45, 7) is 18.2. The van der Waals surface area contributed by atoms with Crippen LogP contribution in [0.1, 0.15) is 68.2 Å². The molecule has 0 amide bonds. The molecule has 0 rings (SSSR count). The van der Waals surface area contributed by atoms with Crippen LogP contribution < -0.4 is 0 Å². The number of aliphatic hydroxyl groups is 1. The van der Waals surface area contributed by atoms with Gasteiger partial charge < -0.3 is 19.3 Å². The molecule has 0 spiro atoms. The standard InChI is InChI=1S/C19H40O4/c1-14(2)9-10-18(19(6,7)8)23-17(5)13-22-16(4)12-21-15(3)11-20/h14-18,20H,9-13H2,1-8H3. The van der Waals surface area contributed by atoms with Crippen LogP contribution in [0.25, 0.3) is 0 Å². The van der Waals surface area contributed by atoms with E-state index in [1.54, 1.807) is 0 Å². The minimum Gasteiger partial charge on any atom is -0.394 e. The Kier molecular flexibility index (Phi) is 11.3. The highest BCUT2D eigenvalue weighted by Gasteiger charge is 2.27. The molecular formula is C19H40O4. The van der Waals surface area contributed by atoms with Crippen LogP contribution >= 0.6 is 0 Å². The molecule has 23 heavy (non-hydrogen) atoms. The molecule has 4 nitrogen and oxygen atoms in total. The summed E-state index contributed by atoms with van der Waals surface area (Å²) in [6.07, 6.45) is 2.42. The summed E-state index contributed by atoms with van der Waals surface area (Å²) in [6, 6.07) is 0. The van der Waals surface area contributed by atoms with Gasteiger partial charge in [0.1, 0.15) is 0 Å². The van der Waals surface area contributed by atoms with Gasteiger partial charge in [-0.2, -0.15) is 0 Å². The predicted octanol–water partition coefficient (Wildman–Crippen LogP) is 4.04. The van der Waals surface area contributed by atoms with Gasteiger partial charge >= 0.3 is 0 Å². The van der Waals surface area contributed by atoms with Crippen molar-refractivity contribution >= 4 is 0 Å². The van der Waals surface area contributed by atoms with E-state index in [4.69, 9.17) is 19.3 Å². The van der Waals surface area contributed by atoms with E-state index in [9.17, 15) is 0 Å². The van der Waals surface area contributed by atoms with Gasteiger partial charge in [-0.1, -0.05) is 34.6 Å². The van der Waals surface area contributed by atoms with Gasteiger partial charge in [0.05, 0.1) is 44.2 Å². The molecule has 1 N–H and O–H groups in total. The molecule has 0 aliphatic carbocycles. The number of rotatable bonds is 12. The van der Waals surface area contributed by atoms with Crippen LogP contribution in [-0.2, 0) is 14.2 Å². The van der Waals surface area contributed by atoms with E-state index in [0.29, 0.717) is 19.1 Å². The fourth-order valence-corrected chi connectivity index (χ4v) is 2.21. The normalized spacial score (nSPS) is 18.0. The van der Waals surface area contributed by atoms with Crippen molar-refractivity contribution in [3.63, 3.8) is 0 Å². The summed E-state index contributed by atoms with van der Waals surface area (Å²) in [7, 11) is 0. The second kappa shape index (κ2) is 11.4. The van der Waals surface area contributed by atoms with Crippen LogP contribution in [0.3, 0.4) is 0 Å². The first-order valence-corrected chi connectivity index (χ1v) is 9.05. The first-order chi connectivity index (χ1) is 10.6. The Labute approximate surface area is 143 Å². The molecule has 0 radical (unpaired) electrons. The van der Waals surface area contributed by atoms with Crippen molar-refractivity contribution in [2.45, 2.75) is 92.6 Å². The maximum absolute atomic E-state index is 8.94. The Morgan fingerprint density at radius 3 is 1.78 bits per heavy atom. The van der Waals surface area contributed by atoms with Gasteiger partial charge in [0.2, 0.25) is 0 Å². The quantitative estimate of drug-likeness (QED) is 0.586. The number of ether oxygens (including phenoxy) is 3. The second-order valence-corrected chi connectivity index (χ2v) is 8.24. The van der Waals surface area contributed by atoms with Gasteiger partial charge in [0.25, 0.3) is 0 Å². The monoisotopic (exact) mass is 332 g/mol. The van der Waals surface area contributed by atoms with Crippen LogP contribution in [0.2, 0.25) is 0 Å². The van der Waals surface area contributed by atoms with E-state index in [0.717, 1.165) is 6.42 Å². The summed E-state index contributed by atoms with van der Waals surface area (Å²) in [4.78, 5) is 0. The highest BCUT2D eigenvalue weighted by molar-refractivity contribution is 4.76. The maximum atomic E-state index is 8.94. The zero-order valence-electron chi connectivity index (χ0n) is 16.6. The SMILES string of the molecule is CC(C)CCC(OC(C)COC(C)COC(C)CO)C(C)(C)C. The van der Waals surface area contributed by atoms with Crippen LogP contribution in [0.4, 0.5) is 0 Å². The zero-order valence-corrected chi connectivity index (χ0v) is 16.6. The van der Waals surface area contributed by atoms with Crippen molar-refractivity contribution in [1.82, 2.24) is 0 Å². The lowest BCUT2D eigenvalue weighted by Crippen LogP contribution is -2.35. The molecule has 0 bridgehead atoms. The highest BCUT2D eigenvalue weighted by atomic mass is 16.6. The third kappa shape index (κ3) is 11.9. The van der Waals surface area contributed by atoms with Crippen LogP contribution in [0.15, 0.2) is 0 Å².